The van der Waals surface area contributed by atoms with Crippen LogP contribution in [0.3, 0.4) is 0 Å². The average Bonchev–Trinajstić information content (AvgIpc) is 2.73. The quantitative estimate of drug-likeness (QED) is 0.625. The fourth-order valence-corrected chi connectivity index (χ4v) is 2.02. The molecule has 0 bridgehead atoms. The molecule has 0 spiro atoms. The summed E-state index contributed by atoms with van der Waals surface area (Å²) in [7, 11) is 1.77. The van der Waals surface area contributed by atoms with Crippen LogP contribution in [0.5, 0.6) is 0 Å². The average molecular weight is 266 g/mol. The highest BCUT2D eigenvalue weighted by Gasteiger charge is 2.09. The third-order valence-corrected chi connectivity index (χ3v) is 2.99. The number of thioether (sulfide) groups is 1. The number of rotatable bonds is 4. The Bertz CT molecular complexity index is 634. The van der Waals surface area contributed by atoms with Crippen molar-refractivity contribution in [1.29, 1.82) is 0 Å². The molecule has 8 heteroatoms. The smallest absolute Gasteiger partial charge is 0.313 e. The molecule has 0 aliphatic rings. The molecule has 94 valence electrons. The van der Waals surface area contributed by atoms with Gasteiger partial charge in [0, 0.05) is 31.6 Å². The third kappa shape index (κ3) is 2.77. The molecule has 0 aliphatic carbocycles. The van der Waals surface area contributed by atoms with Crippen molar-refractivity contribution >= 4 is 17.7 Å². The molecular formula is C10H10N4O3S. The molecule has 18 heavy (non-hydrogen) atoms. The Morgan fingerprint density at radius 3 is 2.83 bits per heavy atom. The van der Waals surface area contributed by atoms with Crippen LogP contribution in [0, 0.1) is 0 Å². The summed E-state index contributed by atoms with van der Waals surface area (Å²) in [6.07, 6.45) is 3.28. The second kappa shape index (κ2) is 5.05. The first-order valence-electron chi connectivity index (χ1n) is 5.00. The van der Waals surface area contributed by atoms with E-state index >= 15 is 0 Å². The molecule has 1 N–H and O–H groups in total. The Hall–Kier alpha value is -2.09. The first-order chi connectivity index (χ1) is 8.56. The molecule has 0 saturated carbocycles. The highest BCUT2D eigenvalue weighted by atomic mass is 32.2. The van der Waals surface area contributed by atoms with E-state index in [1.807, 2.05) is 0 Å². The minimum absolute atomic E-state index is 0.163. The Morgan fingerprint density at radius 2 is 2.22 bits per heavy atom. The summed E-state index contributed by atoms with van der Waals surface area (Å²) in [6, 6.07) is 3.05. The van der Waals surface area contributed by atoms with Gasteiger partial charge in [-0.25, -0.2) is 0 Å². The number of carboxylic acids is 1. The van der Waals surface area contributed by atoms with Crippen LogP contribution in [-0.2, 0) is 11.8 Å². The zero-order valence-electron chi connectivity index (χ0n) is 9.48. The number of carbonyl (C=O) groups is 1. The van der Waals surface area contributed by atoms with Crippen LogP contribution in [-0.4, -0.2) is 36.2 Å². The lowest BCUT2D eigenvalue weighted by Crippen LogP contribution is -2.13. The number of aryl methyl sites for hydroxylation is 1. The SMILES string of the molecule is Cn1ccc(-n2ccc(=O)nc2SCC(=O)O)n1. The van der Waals surface area contributed by atoms with E-state index in [4.69, 9.17) is 5.11 Å². The molecule has 0 atom stereocenters. The summed E-state index contributed by atoms with van der Waals surface area (Å²) >= 11 is 0.976. The molecule has 0 aliphatic heterocycles. The van der Waals surface area contributed by atoms with Gasteiger partial charge in [0.2, 0.25) is 0 Å². The third-order valence-electron chi connectivity index (χ3n) is 2.05. The van der Waals surface area contributed by atoms with E-state index in [0.29, 0.717) is 11.0 Å². The van der Waals surface area contributed by atoms with Crippen LogP contribution in [0.2, 0.25) is 0 Å². The molecule has 0 amide bonds. The van der Waals surface area contributed by atoms with E-state index in [1.165, 1.54) is 12.3 Å². The Kier molecular flexibility index (Phi) is 3.47. The predicted molar refractivity (Wildman–Crippen MR) is 65.0 cm³/mol. The largest absolute Gasteiger partial charge is 0.481 e. The van der Waals surface area contributed by atoms with Gasteiger partial charge in [0.15, 0.2) is 11.0 Å². The number of hydrogen-bond donors (Lipinski definition) is 1. The molecule has 0 aromatic carbocycles. The van der Waals surface area contributed by atoms with Crippen molar-refractivity contribution in [3.63, 3.8) is 0 Å². The standard InChI is InChI=1S/C10H10N4O3S/c1-13-4-2-7(12-13)14-5-3-8(15)11-10(14)18-6-9(16)17/h2-5H,6H2,1H3,(H,16,17). The maximum Gasteiger partial charge on any atom is 0.313 e. The lowest BCUT2D eigenvalue weighted by molar-refractivity contribution is -0.133. The summed E-state index contributed by atoms with van der Waals surface area (Å²) in [4.78, 5) is 25.6. The van der Waals surface area contributed by atoms with Crippen molar-refractivity contribution in [2.45, 2.75) is 5.16 Å². The van der Waals surface area contributed by atoms with Gasteiger partial charge in [-0.3, -0.25) is 18.8 Å². The number of aliphatic carboxylic acids is 1. The first-order valence-corrected chi connectivity index (χ1v) is 5.99. The van der Waals surface area contributed by atoms with Crippen LogP contribution >= 0.6 is 11.8 Å². The van der Waals surface area contributed by atoms with Gasteiger partial charge in [0.1, 0.15) is 0 Å². The fraction of sp³-hybridized carbons (Fsp3) is 0.200. The minimum atomic E-state index is -0.967. The zero-order valence-corrected chi connectivity index (χ0v) is 10.3. The lowest BCUT2D eigenvalue weighted by Gasteiger charge is -2.07. The molecule has 0 radical (unpaired) electrons. The van der Waals surface area contributed by atoms with Gasteiger partial charge < -0.3 is 5.11 Å². The van der Waals surface area contributed by atoms with Crippen LogP contribution < -0.4 is 5.56 Å². The van der Waals surface area contributed by atoms with E-state index in [9.17, 15) is 9.59 Å². The van der Waals surface area contributed by atoms with E-state index in [1.54, 1.807) is 28.6 Å². The second-order valence-corrected chi connectivity index (χ2v) is 4.39. The summed E-state index contributed by atoms with van der Waals surface area (Å²) < 4.78 is 3.19. The van der Waals surface area contributed by atoms with Gasteiger partial charge in [-0.1, -0.05) is 11.8 Å². The van der Waals surface area contributed by atoms with Crippen LogP contribution in [0.25, 0.3) is 5.82 Å². The van der Waals surface area contributed by atoms with E-state index in [0.717, 1.165) is 11.8 Å². The van der Waals surface area contributed by atoms with Crippen molar-refractivity contribution in [3.8, 4) is 5.82 Å². The maximum absolute atomic E-state index is 11.2. The Morgan fingerprint density at radius 1 is 1.44 bits per heavy atom. The normalized spacial score (nSPS) is 10.5. The molecule has 0 unspecified atom stereocenters. The monoisotopic (exact) mass is 266 g/mol. The lowest BCUT2D eigenvalue weighted by atomic mass is 10.6. The summed E-state index contributed by atoms with van der Waals surface area (Å²) in [5.74, 6) is -0.549. The number of carboxylic acid groups (broad SMARTS) is 1. The summed E-state index contributed by atoms with van der Waals surface area (Å²) in [5.41, 5.74) is -0.407. The van der Waals surface area contributed by atoms with Crippen LogP contribution in [0.4, 0.5) is 0 Å². The van der Waals surface area contributed by atoms with Gasteiger partial charge in [-0.2, -0.15) is 10.1 Å². The van der Waals surface area contributed by atoms with Crippen molar-refractivity contribution in [3.05, 3.63) is 34.9 Å². The van der Waals surface area contributed by atoms with Gasteiger partial charge >= 0.3 is 5.97 Å². The second-order valence-electron chi connectivity index (χ2n) is 3.45. The van der Waals surface area contributed by atoms with E-state index in [2.05, 4.69) is 10.1 Å². The Labute approximate surface area is 106 Å². The summed E-state index contributed by atoms with van der Waals surface area (Å²) in [6.45, 7) is 0. The van der Waals surface area contributed by atoms with Crippen LogP contribution in [0.1, 0.15) is 0 Å². The van der Waals surface area contributed by atoms with Crippen molar-refractivity contribution in [1.82, 2.24) is 19.3 Å². The highest BCUT2D eigenvalue weighted by Crippen LogP contribution is 2.16. The Balaban J connectivity index is 2.40. The van der Waals surface area contributed by atoms with Gasteiger partial charge in [-0.15, -0.1) is 0 Å². The molecule has 2 heterocycles. The topological polar surface area (TPSA) is 90.0 Å². The van der Waals surface area contributed by atoms with Gasteiger partial charge in [-0.05, 0) is 0 Å². The minimum Gasteiger partial charge on any atom is -0.481 e. The number of hydrogen-bond acceptors (Lipinski definition) is 5. The molecule has 2 aromatic heterocycles. The van der Waals surface area contributed by atoms with Gasteiger partial charge in [0.25, 0.3) is 5.56 Å². The zero-order chi connectivity index (χ0) is 13.1. The van der Waals surface area contributed by atoms with Gasteiger partial charge in [0.05, 0.1) is 5.75 Å². The van der Waals surface area contributed by atoms with Crippen LogP contribution in [0.15, 0.2) is 34.5 Å². The van der Waals surface area contributed by atoms with Crippen molar-refractivity contribution < 1.29 is 9.90 Å². The number of nitrogens with zero attached hydrogens (tertiary/aromatic N) is 4. The fourth-order valence-electron chi connectivity index (χ4n) is 1.32. The first kappa shape index (κ1) is 12.4. The maximum atomic E-state index is 11.2. The molecule has 7 nitrogen and oxygen atoms in total. The van der Waals surface area contributed by atoms with Crippen molar-refractivity contribution in [2.75, 3.05) is 5.75 Å². The molecule has 0 saturated heterocycles. The number of aromatic nitrogens is 4. The molecular weight excluding hydrogens is 256 g/mol. The molecule has 2 rings (SSSR count). The van der Waals surface area contributed by atoms with Crippen molar-refractivity contribution in [2.24, 2.45) is 7.05 Å². The van der Waals surface area contributed by atoms with E-state index in [-0.39, 0.29) is 5.75 Å². The predicted octanol–water partition coefficient (Wildman–Crippen LogP) is 0.143. The van der Waals surface area contributed by atoms with E-state index < -0.39 is 11.5 Å². The molecule has 2 aromatic rings. The summed E-state index contributed by atoms with van der Waals surface area (Å²) in [5, 5.41) is 13.1. The molecule has 0 fully saturated rings. The highest BCUT2D eigenvalue weighted by molar-refractivity contribution is 7.99.